The lowest BCUT2D eigenvalue weighted by atomic mass is 10.0. The van der Waals surface area contributed by atoms with Crippen LogP contribution in [0.1, 0.15) is 43.2 Å². The zero-order valence-corrected chi connectivity index (χ0v) is 25.8. The first kappa shape index (κ1) is 35.5. The first-order valence-electron chi connectivity index (χ1n) is 15.3. The Morgan fingerprint density at radius 3 is 2.13 bits per heavy atom. The summed E-state index contributed by atoms with van der Waals surface area (Å²) in [6, 6.07) is 12.1. The molecule has 0 saturated carbocycles. The minimum atomic E-state index is -1.24. The Kier molecular flexibility index (Phi) is 14.0. The van der Waals surface area contributed by atoms with Crippen LogP contribution in [0, 0.1) is 0 Å². The largest absolute Gasteiger partial charge is 0.480 e. The van der Waals surface area contributed by atoms with E-state index in [2.05, 4.69) is 25.9 Å². The first-order chi connectivity index (χ1) is 22.1. The smallest absolute Gasteiger partial charge is 0.326 e. The molecule has 0 spiro atoms. The van der Waals surface area contributed by atoms with Gasteiger partial charge in [-0.3, -0.25) is 19.4 Å². The lowest BCUT2D eigenvalue weighted by Crippen LogP contribution is -2.57. The highest BCUT2D eigenvalue weighted by Crippen LogP contribution is 2.19. The van der Waals surface area contributed by atoms with Crippen molar-refractivity contribution in [2.75, 3.05) is 13.1 Å². The van der Waals surface area contributed by atoms with Gasteiger partial charge in [0.1, 0.15) is 18.1 Å². The van der Waals surface area contributed by atoms with Gasteiger partial charge in [0.2, 0.25) is 17.7 Å². The van der Waals surface area contributed by atoms with Crippen LogP contribution >= 0.6 is 0 Å². The molecule has 0 radical (unpaired) electrons. The maximum atomic E-state index is 13.7. The van der Waals surface area contributed by atoms with E-state index in [-0.39, 0.29) is 31.6 Å². The average molecular weight is 636 g/mol. The zero-order valence-electron chi connectivity index (χ0n) is 25.8. The SMILES string of the molecule is NCCCCC(NC(=O)C(N)CCCN=C(N)N)C(=O)NC(Cc1c[nH]c2ccccc12)C(=O)NC(Cc1ccccc1)C(=O)O. The van der Waals surface area contributed by atoms with Gasteiger partial charge >= 0.3 is 5.97 Å². The molecule has 248 valence electrons. The Hall–Kier alpha value is -4.95. The number of para-hydroxylation sites is 1. The van der Waals surface area contributed by atoms with E-state index in [0.717, 1.165) is 22.0 Å². The molecule has 0 aliphatic carbocycles. The number of guanidine groups is 1. The average Bonchev–Trinajstić information content (AvgIpc) is 3.44. The van der Waals surface area contributed by atoms with Crippen molar-refractivity contribution in [3.8, 4) is 0 Å². The molecule has 0 bridgehead atoms. The van der Waals surface area contributed by atoms with Gasteiger partial charge in [0.25, 0.3) is 0 Å². The predicted molar refractivity (Wildman–Crippen MR) is 176 cm³/mol. The summed E-state index contributed by atoms with van der Waals surface area (Å²) >= 11 is 0. The van der Waals surface area contributed by atoms with E-state index in [1.165, 1.54) is 0 Å². The quantitative estimate of drug-likeness (QED) is 0.0487. The van der Waals surface area contributed by atoms with Gasteiger partial charge in [-0.15, -0.1) is 0 Å². The van der Waals surface area contributed by atoms with Gasteiger partial charge in [-0.25, -0.2) is 4.79 Å². The van der Waals surface area contributed by atoms with Crippen LogP contribution in [0.15, 0.2) is 65.8 Å². The number of amides is 3. The van der Waals surface area contributed by atoms with Crippen LogP contribution in [0.2, 0.25) is 0 Å². The summed E-state index contributed by atoms with van der Waals surface area (Å²) in [5.41, 5.74) is 24.7. The molecule has 14 heteroatoms. The molecule has 46 heavy (non-hydrogen) atoms. The second kappa shape index (κ2) is 18.1. The number of carbonyl (C=O) groups excluding carboxylic acids is 3. The highest BCUT2D eigenvalue weighted by Gasteiger charge is 2.31. The fourth-order valence-corrected chi connectivity index (χ4v) is 5.02. The Morgan fingerprint density at radius 2 is 1.43 bits per heavy atom. The first-order valence-corrected chi connectivity index (χ1v) is 15.3. The summed E-state index contributed by atoms with van der Waals surface area (Å²) in [5.74, 6) is -3.09. The molecular formula is C32H45N9O5. The van der Waals surface area contributed by atoms with E-state index < -0.39 is 47.9 Å². The molecule has 3 amide bonds. The number of nitrogens with two attached hydrogens (primary N) is 4. The molecular weight excluding hydrogens is 590 g/mol. The van der Waals surface area contributed by atoms with E-state index in [4.69, 9.17) is 22.9 Å². The molecule has 13 N–H and O–H groups in total. The molecule has 4 unspecified atom stereocenters. The third kappa shape index (κ3) is 11.2. The molecule has 0 aliphatic heterocycles. The lowest BCUT2D eigenvalue weighted by molar-refractivity contribution is -0.142. The number of hydrogen-bond acceptors (Lipinski definition) is 7. The topological polar surface area (TPSA) is 257 Å². The number of aromatic nitrogens is 1. The molecule has 2 aromatic carbocycles. The van der Waals surface area contributed by atoms with Crippen LogP contribution in [0.3, 0.4) is 0 Å². The van der Waals surface area contributed by atoms with E-state index in [0.29, 0.717) is 32.4 Å². The van der Waals surface area contributed by atoms with Crippen molar-refractivity contribution in [1.82, 2.24) is 20.9 Å². The molecule has 0 fully saturated rings. The van der Waals surface area contributed by atoms with Crippen molar-refractivity contribution >= 4 is 40.6 Å². The standard InChI is InChI=1S/C32H45N9O5/c33-15-7-6-14-25(39-28(42)23(34)12-8-16-37-32(35)36)29(43)40-26(18-21-19-38-24-13-5-4-11-22(21)24)30(44)41-27(31(45)46)17-20-9-2-1-3-10-20/h1-5,9-11,13,19,23,25-27,38H,6-8,12,14-18,33-34H2,(H,39,42)(H,40,43)(H,41,44)(H,45,46)(H4,35,36,37). The molecule has 3 rings (SSSR count). The van der Waals surface area contributed by atoms with Crippen molar-refractivity contribution in [3.05, 3.63) is 71.9 Å². The third-order valence-corrected chi connectivity index (χ3v) is 7.51. The van der Waals surface area contributed by atoms with Gasteiger partial charge in [-0.1, -0.05) is 48.5 Å². The molecule has 3 aromatic rings. The highest BCUT2D eigenvalue weighted by atomic mass is 16.4. The monoisotopic (exact) mass is 635 g/mol. The van der Waals surface area contributed by atoms with Crippen LogP contribution in [0.5, 0.6) is 0 Å². The number of unbranched alkanes of at least 4 members (excludes halogenated alkanes) is 1. The van der Waals surface area contributed by atoms with Crippen molar-refractivity contribution in [2.24, 2.45) is 27.9 Å². The van der Waals surface area contributed by atoms with Gasteiger partial charge in [-0.05, 0) is 55.8 Å². The van der Waals surface area contributed by atoms with Crippen LogP contribution < -0.4 is 38.9 Å². The van der Waals surface area contributed by atoms with Crippen LogP contribution in [-0.4, -0.2) is 77.0 Å². The lowest BCUT2D eigenvalue weighted by Gasteiger charge is -2.25. The Balaban J connectivity index is 1.81. The summed E-state index contributed by atoms with van der Waals surface area (Å²) in [7, 11) is 0. The van der Waals surface area contributed by atoms with Gasteiger partial charge in [0.15, 0.2) is 5.96 Å². The number of aliphatic carboxylic acids is 1. The molecule has 14 nitrogen and oxygen atoms in total. The molecule has 4 atom stereocenters. The second-order valence-electron chi connectivity index (χ2n) is 11.1. The van der Waals surface area contributed by atoms with Crippen LogP contribution in [0.4, 0.5) is 0 Å². The molecule has 0 saturated heterocycles. The number of carbonyl (C=O) groups is 4. The normalized spacial score (nSPS) is 13.6. The Bertz CT molecular complexity index is 1470. The predicted octanol–water partition coefficient (Wildman–Crippen LogP) is 0.00200. The number of rotatable bonds is 19. The van der Waals surface area contributed by atoms with Crippen molar-refractivity contribution < 1.29 is 24.3 Å². The summed E-state index contributed by atoms with van der Waals surface area (Å²) < 4.78 is 0. The fourth-order valence-electron chi connectivity index (χ4n) is 5.02. The maximum absolute atomic E-state index is 13.7. The third-order valence-electron chi connectivity index (χ3n) is 7.51. The fraction of sp³-hybridized carbons (Fsp3) is 0.406. The van der Waals surface area contributed by atoms with Crippen LogP contribution in [-0.2, 0) is 32.0 Å². The number of hydrogen-bond donors (Lipinski definition) is 9. The van der Waals surface area contributed by atoms with Crippen molar-refractivity contribution in [1.29, 1.82) is 0 Å². The zero-order chi connectivity index (χ0) is 33.5. The maximum Gasteiger partial charge on any atom is 0.326 e. The number of fused-ring (bicyclic) bond motifs is 1. The van der Waals surface area contributed by atoms with Crippen molar-refractivity contribution in [2.45, 2.75) is 69.1 Å². The molecule has 0 aliphatic rings. The number of nitrogens with zero attached hydrogens (tertiary/aromatic N) is 1. The van der Waals surface area contributed by atoms with Crippen LogP contribution in [0.25, 0.3) is 10.9 Å². The molecule has 1 heterocycles. The number of H-pyrrole nitrogens is 1. The number of aliphatic imine (C=N–C) groups is 1. The minimum absolute atomic E-state index is 0.0501. The van der Waals surface area contributed by atoms with Gasteiger partial charge < -0.3 is 49.0 Å². The minimum Gasteiger partial charge on any atom is -0.480 e. The Morgan fingerprint density at radius 1 is 0.783 bits per heavy atom. The highest BCUT2D eigenvalue weighted by molar-refractivity contribution is 5.95. The summed E-state index contributed by atoms with van der Waals surface area (Å²) in [5, 5.41) is 18.9. The summed E-state index contributed by atoms with van der Waals surface area (Å²) in [6.07, 6.45) is 4.00. The Labute approximate surface area is 267 Å². The number of carboxylic acid groups (broad SMARTS) is 1. The number of benzene rings is 2. The van der Waals surface area contributed by atoms with E-state index >= 15 is 0 Å². The van der Waals surface area contributed by atoms with E-state index in [1.54, 1.807) is 30.5 Å². The summed E-state index contributed by atoms with van der Waals surface area (Å²) in [6.45, 7) is 0.701. The summed E-state index contributed by atoms with van der Waals surface area (Å²) in [4.78, 5) is 59.5. The molecule has 1 aromatic heterocycles. The van der Waals surface area contributed by atoms with Gasteiger partial charge in [0, 0.05) is 36.5 Å². The van der Waals surface area contributed by atoms with Gasteiger partial charge in [-0.2, -0.15) is 0 Å². The van der Waals surface area contributed by atoms with E-state index in [9.17, 15) is 24.3 Å². The van der Waals surface area contributed by atoms with Crippen molar-refractivity contribution in [3.63, 3.8) is 0 Å². The number of carboxylic acids is 1. The van der Waals surface area contributed by atoms with E-state index in [1.807, 2.05) is 30.3 Å². The van der Waals surface area contributed by atoms with Gasteiger partial charge in [0.05, 0.1) is 6.04 Å². The number of aromatic amines is 1. The number of nitrogens with one attached hydrogen (secondary N) is 4. The second-order valence-corrected chi connectivity index (χ2v) is 11.1.